The van der Waals surface area contributed by atoms with Crippen LogP contribution in [0.15, 0.2) is 42.5 Å². The molecule has 6 heteroatoms. The molecule has 0 aromatic heterocycles. The highest BCUT2D eigenvalue weighted by Crippen LogP contribution is 2.23. The minimum atomic E-state index is -0.252. The Morgan fingerprint density at radius 1 is 0.926 bits per heavy atom. The highest BCUT2D eigenvalue weighted by molar-refractivity contribution is 6.00. The van der Waals surface area contributed by atoms with Crippen LogP contribution in [0.5, 0.6) is 5.75 Å². The zero-order valence-corrected chi connectivity index (χ0v) is 15.8. The smallest absolute Gasteiger partial charge is 0.224 e. The van der Waals surface area contributed by atoms with Crippen molar-refractivity contribution in [2.75, 3.05) is 17.2 Å². The summed E-state index contributed by atoms with van der Waals surface area (Å²) >= 11 is 0. The Balaban J connectivity index is 1.92. The molecule has 2 aromatic rings. The Morgan fingerprint density at radius 2 is 1.56 bits per heavy atom. The fraction of sp³-hybridized carbons (Fsp3) is 0.286. The predicted molar refractivity (Wildman–Crippen MR) is 105 cm³/mol. The summed E-state index contributed by atoms with van der Waals surface area (Å²) in [6.07, 6.45) is 0.195. The van der Waals surface area contributed by atoms with Gasteiger partial charge in [0, 0.05) is 36.7 Å². The van der Waals surface area contributed by atoms with E-state index in [4.69, 9.17) is 4.74 Å². The lowest BCUT2D eigenvalue weighted by atomic mass is 10.1. The number of ketones is 1. The van der Waals surface area contributed by atoms with Gasteiger partial charge in [0.1, 0.15) is 5.75 Å². The van der Waals surface area contributed by atoms with E-state index in [1.165, 1.54) is 6.92 Å². The number of hydrogen-bond donors (Lipinski definition) is 2. The topological polar surface area (TPSA) is 84.5 Å². The molecule has 0 unspecified atom stereocenters. The van der Waals surface area contributed by atoms with Gasteiger partial charge in [0.25, 0.3) is 0 Å². The number of carbonyl (C=O) groups excluding carboxylic acids is 3. The van der Waals surface area contributed by atoms with E-state index in [0.29, 0.717) is 29.3 Å². The van der Waals surface area contributed by atoms with Crippen molar-refractivity contribution in [2.45, 2.75) is 33.6 Å². The number of anilines is 2. The van der Waals surface area contributed by atoms with Gasteiger partial charge in [-0.1, -0.05) is 6.07 Å². The number of rotatable bonds is 8. The van der Waals surface area contributed by atoms with Gasteiger partial charge in [-0.2, -0.15) is 0 Å². The van der Waals surface area contributed by atoms with Crippen LogP contribution in [-0.4, -0.2) is 24.2 Å². The van der Waals surface area contributed by atoms with Crippen molar-refractivity contribution in [3.05, 3.63) is 53.6 Å². The number of Topliss-reactive ketones (excluding diaryl/α,β-unsaturated/α-hetero) is 1. The quantitative estimate of drug-likeness (QED) is 0.691. The lowest BCUT2D eigenvalue weighted by Crippen LogP contribution is -2.15. The van der Waals surface area contributed by atoms with Crippen LogP contribution in [0.1, 0.15) is 42.6 Å². The highest BCUT2D eigenvalue weighted by atomic mass is 16.5. The number of benzene rings is 2. The van der Waals surface area contributed by atoms with Crippen LogP contribution in [0, 0.1) is 6.92 Å². The van der Waals surface area contributed by atoms with Crippen LogP contribution < -0.4 is 15.4 Å². The summed E-state index contributed by atoms with van der Waals surface area (Å²) in [5, 5.41) is 5.51. The lowest BCUT2D eigenvalue weighted by Gasteiger charge is -2.12. The Hall–Kier alpha value is -3.15. The third kappa shape index (κ3) is 5.95. The second-order valence-electron chi connectivity index (χ2n) is 6.09. The van der Waals surface area contributed by atoms with Crippen molar-refractivity contribution in [1.82, 2.24) is 0 Å². The summed E-state index contributed by atoms with van der Waals surface area (Å²) in [5.74, 6) is 0.179. The van der Waals surface area contributed by atoms with Crippen molar-refractivity contribution in [1.29, 1.82) is 0 Å². The van der Waals surface area contributed by atoms with E-state index < -0.39 is 0 Å². The minimum absolute atomic E-state index is 0.0792. The molecule has 0 bridgehead atoms. The van der Waals surface area contributed by atoms with Crippen LogP contribution in [0.4, 0.5) is 11.4 Å². The summed E-state index contributed by atoms with van der Waals surface area (Å²) in [6, 6.07) is 12.2. The summed E-state index contributed by atoms with van der Waals surface area (Å²) in [6.45, 7) is 5.70. The molecule has 0 heterocycles. The van der Waals surface area contributed by atoms with Gasteiger partial charge >= 0.3 is 0 Å². The van der Waals surface area contributed by atoms with Gasteiger partial charge in [0.2, 0.25) is 11.8 Å². The normalized spacial score (nSPS) is 10.2. The summed E-state index contributed by atoms with van der Waals surface area (Å²) in [5.41, 5.74) is 2.57. The molecule has 6 nitrogen and oxygen atoms in total. The lowest BCUT2D eigenvalue weighted by molar-refractivity contribution is -0.116. The predicted octanol–water partition coefficient (Wildman–Crippen LogP) is 3.95. The Kier molecular flexibility index (Phi) is 7.11. The summed E-state index contributed by atoms with van der Waals surface area (Å²) in [4.78, 5) is 35.7. The molecule has 0 saturated heterocycles. The standard InChI is InChI=1S/C21H24N2O4/c1-4-27-17-10-8-16(9-11-17)20(25)12-13-21(26)23-19-7-5-6-18(14(19)2)22-15(3)24/h5-11H,4,12-13H2,1-3H3,(H,22,24)(H,23,26). The van der Waals surface area contributed by atoms with Gasteiger partial charge in [-0.15, -0.1) is 0 Å². The fourth-order valence-corrected chi connectivity index (χ4v) is 2.58. The zero-order valence-electron chi connectivity index (χ0n) is 15.8. The van der Waals surface area contributed by atoms with E-state index in [9.17, 15) is 14.4 Å². The average molecular weight is 368 g/mol. The third-order valence-electron chi connectivity index (χ3n) is 3.99. The molecule has 2 rings (SSSR count). The van der Waals surface area contributed by atoms with E-state index in [0.717, 1.165) is 5.56 Å². The zero-order chi connectivity index (χ0) is 19.8. The van der Waals surface area contributed by atoms with Crippen molar-refractivity contribution < 1.29 is 19.1 Å². The van der Waals surface area contributed by atoms with Crippen molar-refractivity contribution in [2.24, 2.45) is 0 Å². The first-order valence-corrected chi connectivity index (χ1v) is 8.83. The second-order valence-corrected chi connectivity index (χ2v) is 6.09. The van der Waals surface area contributed by atoms with Gasteiger partial charge in [0.15, 0.2) is 5.78 Å². The number of nitrogens with one attached hydrogen (secondary N) is 2. The van der Waals surface area contributed by atoms with E-state index in [1.54, 1.807) is 42.5 Å². The van der Waals surface area contributed by atoms with Crippen LogP contribution in [0.25, 0.3) is 0 Å². The molecule has 0 atom stereocenters. The number of ether oxygens (including phenoxy) is 1. The van der Waals surface area contributed by atoms with Gasteiger partial charge in [-0.3, -0.25) is 14.4 Å². The van der Waals surface area contributed by atoms with Gasteiger partial charge in [0.05, 0.1) is 6.61 Å². The van der Waals surface area contributed by atoms with E-state index >= 15 is 0 Å². The van der Waals surface area contributed by atoms with Crippen LogP contribution in [0.3, 0.4) is 0 Å². The van der Waals surface area contributed by atoms with Crippen molar-refractivity contribution >= 4 is 29.0 Å². The summed E-state index contributed by atoms with van der Waals surface area (Å²) in [7, 11) is 0. The fourth-order valence-electron chi connectivity index (χ4n) is 2.58. The summed E-state index contributed by atoms with van der Waals surface area (Å²) < 4.78 is 5.35. The maximum absolute atomic E-state index is 12.2. The molecule has 0 aliphatic heterocycles. The molecule has 0 aliphatic carbocycles. The Labute approximate surface area is 158 Å². The molecular formula is C21H24N2O4. The average Bonchev–Trinajstić information content (AvgIpc) is 2.63. The molecule has 0 spiro atoms. The monoisotopic (exact) mass is 368 g/mol. The molecule has 2 amide bonds. The number of hydrogen-bond acceptors (Lipinski definition) is 4. The van der Waals surface area contributed by atoms with Crippen LogP contribution >= 0.6 is 0 Å². The maximum atomic E-state index is 12.2. The number of amides is 2. The molecular weight excluding hydrogens is 344 g/mol. The Bertz CT molecular complexity index is 829. The molecule has 142 valence electrons. The first-order valence-electron chi connectivity index (χ1n) is 8.83. The molecule has 27 heavy (non-hydrogen) atoms. The minimum Gasteiger partial charge on any atom is -0.494 e. The van der Waals surface area contributed by atoms with Crippen molar-refractivity contribution in [3.8, 4) is 5.75 Å². The van der Waals surface area contributed by atoms with E-state index in [-0.39, 0.29) is 30.4 Å². The first kappa shape index (κ1) is 20.2. The first-order chi connectivity index (χ1) is 12.9. The van der Waals surface area contributed by atoms with Gasteiger partial charge in [-0.05, 0) is 55.8 Å². The molecule has 0 radical (unpaired) electrons. The van der Waals surface area contributed by atoms with Crippen LogP contribution in [-0.2, 0) is 9.59 Å². The van der Waals surface area contributed by atoms with Gasteiger partial charge < -0.3 is 15.4 Å². The molecule has 0 aliphatic rings. The molecule has 0 saturated carbocycles. The number of carbonyl (C=O) groups is 3. The SMILES string of the molecule is CCOc1ccc(C(=O)CCC(=O)Nc2cccc(NC(C)=O)c2C)cc1. The highest BCUT2D eigenvalue weighted by Gasteiger charge is 2.12. The van der Waals surface area contributed by atoms with Crippen molar-refractivity contribution in [3.63, 3.8) is 0 Å². The largest absolute Gasteiger partial charge is 0.494 e. The molecule has 0 fully saturated rings. The molecule has 2 aromatic carbocycles. The van der Waals surface area contributed by atoms with E-state index in [2.05, 4.69) is 10.6 Å². The van der Waals surface area contributed by atoms with Gasteiger partial charge in [-0.25, -0.2) is 0 Å². The maximum Gasteiger partial charge on any atom is 0.224 e. The van der Waals surface area contributed by atoms with Crippen LogP contribution in [0.2, 0.25) is 0 Å². The molecule has 2 N–H and O–H groups in total. The second kappa shape index (κ2) is 9.52. The van der Waals surface area contributed by atoms with E-state index in [1.807, 2.05) is 13.8 Å². The Morgan fingerprint density at radius 3 is 2.15 bits per heavy atom. The third-order valence-corrected chi connectivity index (χ3v) is 3.99.